The van der Waals surface area contributed by atoms with Crippen LogP contribution in [0.2, 0.25) is 0 Å². The summed E-state index contributed by atoms with van der Waals surface area (Å²) in [5, 5.41) is 4.74. The SMILES string of the molecule is CSc1ncnn1CC1(c2cccc(F)c2)OC1c1ccccc1C(F)(F)F. The molecule has 1 aromatic heterocycles. The maximum absolute atomic E-state index is 13.9. The summed E-state index contributed by atoms with van der Waals surface area (Å²) in [6.07, 6.45) is -2.22. The van der Waals surface area contributed by atoms with Gasteiger partial charge in [0.15, 0.2) is 5.16 Å². The molecule has 2 unspecified atom stereocenters. The molecule has 1 aliphatic heterocycles. The van der Waals surface area contributed by atoms with Gasteiger partial charge >= 0.3 is 6.18 Å². The number of thioether (sulfide) groups is 1. The summed E-state index contributed by atoms with van der Waals surface area (Å²) in [7, 11) is 0. The predicted molar refractivity (Wildman–Crippen MR) is 95.2 cm³/mol. The van der Waals surface area contributed by atoms with E-state index >= 15 is 0 Å². The molecule has 4 rings (SSSR count). The monoisotopic (exact) mass is 409 g/mol. The highest BCUT2D eigenvalue weighted by molar-refractivity contribution is 7.98. The molecular formula is C19H15F4N3OS. The molecule has 9 heteroatoms. The predicted octanol–water partition coefficient (Wildman–Crippen LogP) is 4.82. The largest absolute Gasteiger partial charge is 0.416 e. The quantitative estimate of drug-likeness (QED) is 0.344. The molecule has 3 aromatic rings. The minimum absolute atomic E-state index is 0.0186. The smallest absolute Gasteiger partial charge is 0.354 e. The minimum Gasteiger partial charge on any atom is -0.354 e. The Hall–Kier alpha value is -2.39. The van der Waals surface area contributed by atoms with Crippen LogP contribution < -0.4 is 0 Å². The van der Waals surface area contributed by atoms with Crippen LogP contribution in [0.15, 0.2) is 60.0 Å². The Morgan fingerprint density at radius 1 is 1.18 bits per heavy atom. The number of hydrogen-bond acceptors (Lipinski definition) is 4. The number of hydrogen-bond donors (Lipinski definition) is 0. The number of halogens is 4. The van der Waals surface area contributed by atoms with Crippen LogP contribution in [0.5, 0.6) is 0 Å². The fraction of sp³-hybridized carbons (Fsp3) is 0.263. The van der Waals surface area contributed by atoms with E-state index in [-0.39, 0.29) is 12.1 Å². The lowest BCUT2D eigenvalue weighted by Crippen LogP contribution is -2.21. The minimum atomic E-state index is -4.52. The first-order valence-electron chi connectivity index (χ1n) is 8.37. The molecular weight excluding hydrogens is 394 g/mol. The summed E-state index contributed by atoms with van der Waals surface area (Å²) >= 11 is 1.35. The van der Waals surface area contributed by atoms with Gasteiger partial charge in [-0.05, 0) is 35.6 Å². The third kappa shape index (κ3) is 3.29. The number of nitrogens with zero attached hydrogens (tertiary/aromatic N) is 3. The number of rotatable bonds is 5. The van der Waals surface area contributed by atoms with Gasteiger partial charge in [-0.3, -0.25) is 0 Å². The van der Waals surface area contributed by atoms with Crippen molar-refractivity contribution in [1.29, 1.82) is 0 Å². The van der Waals surface area contributed by atoms with E-state index in [0.29, 0.717) is 10.7 Å². The standard InChI is InChI=1S/C19H15F4N3OS/c1-28-17-24-11-25-26(17)10-18(12-5-4-6-13(20)9-12)16(27-18)14-7-2-3-8-15(14)19(21,22)23/h2-9,11,16H,10H2,1H3. The van der Waals surface area contributed by atoms with E-state index in [4.69, 9.17) is 4.74 Å². The van der Waals surface area contributed by atoms with Crippen molar-refractivity contribution in [2.75, 3.05) is 6.26 Å². The topological polar surface area (TPSA) is 43.2 Å². The highest BCUT2D eigenvalue weighted by Crippen LogP contribution is 2.59. The number of aromatic nitrogens is 3. The molecule has 0 spiro atoms. The molecule has 28 heavy (non-hydrogen) atoms. The molecule has 0 N–H and O–H groups in total. The van der Waals surface area contributed by atoms with Gasteiger partial charge in [-0.2, -0.15) is 18.3 Å². The van der Waals surface area contributed by atoms with Gasteiger partial charge in [0.2, 0.25) is 0 Å². The van der Waals surface area contributed by atoms with E-state index in [1.54, 1.807) is 10.7 Å². The van der Waals surface area contributed by atoms with Crippen molar-refractivity contribution in [2.45, 2.75) is 29.6 Å². The fourth-order valence-electron chi connectivity index (χ4n) is 3.40. The zero-order chi connectivity index (χ0) is 19.9. The molecule has 2 atom stereocenters. The van der Waals surface area contributed by atoms with E-state index in [2.05, 4.69) is 10.1 Å². The van der Waals surface area contributed by atoms with Crippen molar-refractivity contribution in [1.82, 2.24) is 14.8 Å². The Morgan fingerprint density at radius 3 is 2.68 bits per heavy atom. The number of alkyl halides is 3. The Labute approximate surface area is 162 Å². The van der Waals surface area contributed by atoms with Crippen molar-refractivity contribution >= 4 is 11.8 Å². The van der Waals surface area contributed by atoms with Crippen molar-refractivity contribution < 1.29 is 22.3 Å². The van der Waals surface area contributed by atoms with Gasteiger partial charge in [0.1, 0.15) is 23.8 Å². The zero-order valence-electron chi connectivity index (χ0n) is 14.7. The van der Waals surface area contributed by atoms with Crippen LogP contribution in [0.4, 0.5) is 17.6 Å². The molecule has 0 amide bonds. The highest BCUT2D eigenvalue weighted by Gasteiger charge is 2.61. The van der Waals surface area contributed by atoms with Gasteiger partial charge in [0, 0.05) is 0 Å². The normalized spacial score (nSPS) is 21.7. The summed E-state index contributed by atoms with van der Waals surface area (Å²) < 4.78 is 61.8. The molecule has 2 heterocycles. The van der Waals surface area contributed by atoms with E-state index in [1.807, 2.05) is 6.26 Å². The molecule has 146 valence electrons. The zero-order valence-corrected chi connectivity index (χ0v) is 15.5. The average molecular weight is 409 g/mol. The first-order chi connectivity index (χ1) is 13.3. The van der Waals surface area contributed by atoms with Crippen LogP contribution in [0.25, 0.3) is 0 Å². The summed E-state index contributed by atoms with van der Waals surface area (Å²) in [4.78, 5) is 4.12. The third-order valence-electron chi connectivity index (χ3n) is 4.70. The van der Waals surface area contributed by atoms with Gasteiger partial charge in [0.25, 0.3) is 0 Å². The Kier molecular flexibility index (Phi) is 4.67. The van der Waals surface area contributed by atoms with E-state index < -0.39 is 29.3 Å². The van der Waals surface area contributed by atoms with Gasteiger partial charge < -0.3 is 4.74 Å². The molecule has 1 saturated heterocycles. The van der Waals surface area contributed by atoms with Gasteiger partial charge in [-0.15, -0.1) is 0 Å². The molecule has 0 saturated carbocycles. The summed E-state index contributed by atoms with van der Waals surface area (Å²) in [5.41, 5.74) is -1.45. The maximum Gasteiger partial charge on any atom is 0.416 e. The lowest BCUT2D eigenvalue weighted by atomic mass is 9.89. The first kappa shape index (κ1) is 18.9. The van der Waals surface area contributed by atoms with Crippen LogP contribution in [-0.2, 0) is 23.1 Å². The second-order valence-electron chi connectivity index (χ2n) is 6.39. The average Bonchev–Trinajstić information content (AvgIpc) is 3.22. The fourth-order valence-corrected chi connectivity index (χ4v) is 3.87. The van der Waals surface area contributed by atoms with Crippen molar-refractivity contribution in [2.24, 2.45) is 0 Å². The number of ether oxygens (including phenoxy) is 1. The second kappa shape index (κ2) is 6.89. The lowest BCUT2D eigenvalue weighted by molar-refractivity contribution is -0.138. The highest BCUT2D eigenvalue weighted by atomic mass is 32.2. The molecule has 1 aliphatic rings. The molecule has 1 fully saturated rings. The summed E-state index contributed by atoms with van der Waals surface area (Å²) in [6, 6.07) is 11.0. The van der Waals surface area contributed by atoms with Gasteiger partial charge in [-0.1, -0.05) is 42.1 Å². The van der Waals surface area contributed by atoms with Crippen LogP contribution in [0.1, 0.15) is 22.8 Å². The van der Waals surface area contributed by atoms with Crippen LogP contribution in [0, 0.1) is 5.82 Å². The van der Waals surface area contributed by atoms with Crippen molar-refractivity contribution in [3.8, 4) is 0 Å². The second-order valence-corrected chi connectivity index (χ2v) is 7.16. The van der Waals surface area contributed by atoms with Gasteiger partial charge in [0.05, 0.1) is 12.1 Å². The van der Waals surface area contributed by atoms with E-state index in [9.17, 15) is 17.6 Å². The maximum atomic E-state index is 13.9. The van der Waals surface area contributed by atoms with E-state index in [1.165, 1.54) is 54.5 Å². The van der Waals surface area contributed by atoms with Crippen LogP contribution >= 0.6 is 11.8 Å². The lowest BCUT2D eigenvalue weighted by Gasteiger charge is -2.17. The molecule has 0 bridgehead atoms. The Bertz CT molecular complexity index is 1010. The summed E-state index contributed by atoms with van der Waals surface area (Å²) in [5.74, 6) is -0.487. The van der Waals surface area contributed by atoms with Crippen molar-refractivity contribution in [3.63, 3.8) is 0 Å². The Balaban J connectivity index is 1.80. The summed E-state index contributed by atoms with van der Waals surface area (Å²) in [6.45, 7) is 0.115. The van der Waals surface area contributed by atoms with Gasteiger partial charge in [-0.25, -0.2) is 14.1 Å². The molecule has 0 radical (unpaired) electrons. The van der Waals surface area contributed by atoms with Crippen molar-refractivity contribution in [3.05, 3.63) is 77.4 Å². The third-order valence-corrected chi connectivity index (χ3v) is 5.38. The Morgan fingerprint density at radius 2 is 1.96 bits per heavy atom. The number of epoxide rings is 1. The molecule has 0 aliphatic carbocycles. The van der Waals surface area contributed by atoms with E-state index in [0.717, 1.165) is 6.07 Å². The van der Waals surface area contributed by atoms with Crippen LogP contribution in [-0.4, -0.2) is 21.0 Å². The molecule has 2 aromatic carbocycles. The molecule has 4 nitrogen and oxygen atoms in total. The number of benzene rings is 2. The first-order valence-corrected chi connectivity index (χ1v) is 9.59. The van der Waals surface area contributed by atoms with Crippen LogP contribution in [0.3, 0.4) is 0 Å².